The van der Waals surface area contributed by atoms with Crippen LogP contribution < -0.4 is 0 Å². The molecular weight excluding hydrogens is 196 g/mol. The molecule has 1 rings (SSSR count). The van der Waals surface area contributed by atoms with Crippen LogP contribution in [0.4, 0.5) is 8.78 Å². The number of halogens is 2. The molecule has 0 atom stereocenters. The molecule has 0 spiro atoms. The van der Waals surface area contributed by atoms with Crippen LogP contribution in [0.3, 0.4) is 0 Å². The third kappa shape index (κ3) is 3.01. The van der Waals surface area contributed by atoms with Crippen molar-refractivity contribution in [1.82, 2.24) is 0 Å². The zero-order chi connectivity index (χ0) is 10.4. The first kappa shape index (κ1) is 11.9. The van der Waals surface area contributed by atoms with E-state index in [1.54, 1.807) is 0 Å². The molecule has 0 bridgehead atoms. The summed E-state index contributed by atoms with van der Waals surface area (Å²) in [6.45, 7) is 0. The van der Waals surface area contributed by atoms with Gasteiger partial charge < -0.3 is 5.11 Å². The maximum atomic E-state index is 12.6. The lowest BCUT2D eigenvalue weighted by Gasteiger charge is -1.95. The molecule has 0 saturated heterocycles. The molecule has 0 amide bonds. The van der Waals surface area contributed by atoms with Crippen molar-refractivity contribution < 1.29 is 13.9 Å². The number of hydrogen-bond donors (Lipinski definition) is 2. The van der Waals surface area contributed by atoms with Gasteiger partial charge in [0, 0.05) is 12.0 Å². The Labute approximate surface area is 79.8 Å². The maximum Gasteiger partial charge on any atom is 0.176 e. The predicted octanol–water partition coefficient (Wildman–Crippen LogP) is 1.73. The topological polar surface area (TPSA) is 44.0 Å². The number of nitrogens with zero attached hydrogens (tertiary/aromatic N) is 1. The van der Waals surface area contributed by atoms with E-state index in [-0.39, 0.29) is 10.5 Å². The van der Waals surface area contributed by atoms with E-state index in [0.717, 1.165) is 13.2 Å². The molecule has 0 unspecified atom stereocenters. The lowest BCUT2D eigenvalue weighted by atomic mass is 10.2. The van der Waals surface area contributed by atoms with Crippen LogP contribution >= 0.6 is 12.6 Å². The molecule has 0 aromatic heterocycles. The highest BCUT2D eigenvalue weighted by Crippen LogP contribution is 2.16. The van der Waals surface area contributed by atoms with E-state index in [2.05, 4.69) is 12.6 Å². The summed E-state index contributed by atoms with van der Waals surface area (Å²) in [7, 11) is 1.00. The summed E-state index contributed by atoms with van der Waals surface area (Å²) in [5, 5.41) is 15.3. The molecule has 70 valence electrons. The van der Waals surface area contributed by atoms with Gasteiger partial charge in [-0.2, -0.15) is 5.26 Å². The van der Waals surface area contributed by atoms with Crippen molar-refractivity contribution in [2.75, 3.05) is 7.11 Å². The highest BCUT2D eigenvalue weighted by atomic mass is 32.1. The van der Waals surface area contributed by atoms with Crippen LogP contribution in [0, 0.1) is 23.0 Å². The van der Waals surface area contributed by atoms with Crippen molar-refractivity contribution in [3.8, 4) is 6.07 Å². The number of aliphatic hydroxyl groups excluding tert-OH is 1. The Morgan fingerprint density at radius 3 is 2.38 bits per heavy atom. The molecule has 5 heteroatoms. The van der Waals surface area contributed by atoms with Crippen molar-refractivity contribution in [3.63, 3.8) is 0 Å². The standard InChI is InChI=1S/C7H3F2NS.CH4O/c8-6-2-5(11)1-4(3-10)7(6)9;1-2/h1-2,11H;2H,1H3. The van der Waals surface area contributed by atoms with Gasteiger partial charge in [0.1, 0.15) is 6.07 Å². The van der Waals surface area contributed by atoms with Crippen LogP contribution in [0.1, 0.15) is 5.56 Å². The minimum absolute atomic E-state index is 0.237. The summed E-state index contributed by atoms with van der Waals surface area (Å²) >= 11 is 3.77. The van der Waals surface area contributed by atoms with Gasteiger partial charge in [0.25, 0.3) is 0 Å². The van der Waals surface area contributed by atoms with Crippen LogP contribution in [0.2, 0.25) is 0 Å². The second kappa shape index (κ2) is 5.51. The van der Waals surface area contributed by atoms with Gasteiger partial charge in [0.15, 0.2) is 11.6 Å². The van der Waals surface area contributed by atoms with E-state index < -0.39 is 11.6 Å². The molecule has 1 aromatic rings. The number of rotatable bonds is 0. The highest BCUT2D eigenvalue weighted by molar-refractivity contribution is 7.80. The van der Waals surface area contributed by atoms with Gasteiger partial charge in [-0.25, -0.2) is 8.78 Å². The Hall–Kier alpha value is -1.12. The summed E-state index contributed by atoms with van der Waals surface area (Å²) in [4.78, 5) is 0.237. The van der Waals surface area contributed by atoms with Crippen molar-refractivity contribution >= 4 is 12.6 Å². The minimum atomic E-state index is -1.12. The van der Waals surface area contributed by atoms with Gasteiger partial charge in [-0.1, -0.05) is 0 Å². The Bertz CT molecular complexity index is 336. The smallest absolute Gasteiger partial charge is 0.176 e. The van der Waals surface area contributed by atoms with Crippen LogP contribution in [0.25, 0.3) is 0 Å². The van der Waals surface area contributed by atoms with Crippen molar-refractivity contribution in [3.05, 3.63) is 29.3 Å². The fraction of sp³-hybridized carbons (Fsp3) is 0.125. The first-order chi connectivity index (χ1) is 6.15. The van der Waals surface area contributed by atoms with Gasteiger partial charge in [0.05, 0.1) is 5.56 Å². The number of thiol groups is 1. The molecule has 2 nitrogen and oxygen atoms in total. The molecule has 0 aliphatic heterocycles. The third-order valence-corrected chi connectivity index (χ3v) is 1.39. The first-order valence-electron chi connectivity index (χ1n) is 3.18. The van der Waals surface area contributed by atoms with Crippen molar-refractivity contribution in [2.24, 2.45) is 0 Å². The number of aliphatic hydroxyl groups is 1. The highest BCUT2D eigenvalue weighted by Gasteiger charge is 2.07. The summed E-state index contributed by atoms with van der Waals surface area (Å²) in [5.41, 5.74) is -0.324. The Balaban J connectivity index is 0.000000671. The molecule has 0 fully saturated rings. The van der Waals surface area contributed by atoms with E-state index in [4.69, 9.17) is 10.4 Å². The minimum Gasteiger partial charge on any atom is -0.400 e. The van der Waals surface area contributed by atoms with Crippen LogP contribution in [-0.4, -0.2) is 12.2 Å². The SMILES string of the molecule is CO.N#Cc1cc(S)cc(F)c1F. The van der Waals surface area contributed by atoms with Crippen molar-refractivity contribution in [2.45, 2.75) is 4.90 Å². The average molecular weight is 203 g/mol. The molecule has 1 N–H and O–H groups in total. The molecule has 1 aromatic carbocycles. The fourth-order valence-electron chi connectivity index (χ4n) is 0.656. The Morgan fingerprint density at radius 1 is 1.38 bits per heavy atom. The third-order valence-electron chi connectivity index (χ3n) is 1.13. The summed E-state index contributed by atoms with van der Waals surface area (Å²) in [6.07, 6.45) is 0. The summed E-state index contributed by atoms with van der Waals surface area (Å²) in [6, 6.07) is 3.60. The van der Waals surface area contributed by atoms with Gasteiger partial charge in [-0.05, 0) is 12.1 Å². The van der Waals surface area contributed by atoms with E-state index in [0.29, 0.717) is 0 Å². The van der Waals surface area contributed by atoms with Gasteiger partial charge >= 0.3 is 0 Å². The molecule has 0 aliphatic carbocycles. The largest absolute Gasteiger partial charge is 0.400 e. The lowest BCUT2D eigenvalue weighted by molar-refractivity contribution is 0.399. The molecule has 0 saturated carbocycles. The monoisotopic (exact) mass is 203 g/mol. The normalized spacial score (nSPS) is 8.31. The molecule has 13 heavy (non-hydrogen) atoms. The van der Waals surface area contributed by atoms with Crippen molar-refractivity contribution in [1.29, 1.82) is 5.26 Å². The molecule has 0 radical (unpaired) electrons. The Morgan fingerprint density at radius 2 is 1.92 bits per heavy atom. The number of benzene rings is 1. The van der Waals surface area contributed by atoms with E-state index in [1.165, 1.54) is 12.1 Å². The number of nitriles is 1. The second-order valence-electron chi connectivity index (χ2n) is 1.90. The van der Waals surface area contributed by atoms with Gasteiger partial charge in [-0.3, -0.25) is 0 Å². The van der Waals surface area contributed by atoms with Crippen LogP contribution in [0.5, 0.6) is 0 Å². The van der Waals surface area contributed by atoms with Gasteiger partial charge in [-0.15, -0.1) is 12.6 Å². The molecule has 0 aliphatic rings. The van der Waals surface area contributed by atoms with Gasteiger partial charge in [0.2, 0.25) is 0 Å². The zero-order valence-corrected chi connectivity index (χ0v) is 7.65. The van der Waals surface area contributed by atoms with E-state index in [1.807, 2.05) is 0 Å². The predicted molar refractivity (Wildman–Crippen MR) is 46.5 cm³/mol. The summed E-state index contributed by atoms with van der Waals surface area (Å²) in [5.74, 6) is -2.17. The second-order valence-corrected chi connectivity index (χ2v) is 2.42. The number of hydrogen-bond acceptors (Lipinski definition) is 3. The Kier molecular flexibility index (Phi) is 5.04. The zero-order valence-electron chi connectivity index (χ0n) is 6.75. The fourth-order valence-corrected chi connectivity index (χ4v) is 0.899. The first-order valence-corrected chi connectivity index (χ1v) is 3.62. The maximum absolute atomic E-state index is 12.6. The molecular formula is C8H7F2NOS. The van der Waals surface area contributed by atoms with Crippen LogP contribution in [0.15, 0.2) is 17.0 Å². The molecule has 0 heterocycles. The van der Waals surface area contributed by atoms with E-state index in [9.17, 15) is 8.78 Å². The average Bonchev–Trinajstić information content (AvgIpc) is 2.14. The quantitative estimate of drug-likeness (QED) is 0.631. The lowest BCUT2D eigenvalue weighted by Crippen LogP contribution is -1.89. The van der Waals surface area contributed by atoms with Crippen LogP contribution in [-0.2, 0) is 0 Å². The van der Waals surface area contributed by atoms with E-state index >= 15 is 0 Å². The summed E-state index contributed by atoms with van der Waals surface area (Å²) < 4.78 is 25.0.